The Morgan fingerprint density at radius 2 is 0.611 bits per heavy atom. The van der Waals surface area contributed by atoms with Crippen LogP contribution < -0.4 is 30.4 Å². The maximum absolute atomic E-state index is 5.83. The van der Waals surface area contributed by atoms with E-state index >= 15 is 0 Å². The lowest BCUT2D eigenvalue weighted by atomic mass is 10.1. The summed E-state index contributed by atoms with van der Waals surface area (Å²) in [5.41, 5.74) is 15.1. The molecule has 0 radical (unpaired) electrons. The topological polar surface area (TPSA) is 89.0 Å². The summed E-state index contributed by atoms with van der Waals surface area (Å²) in [6.45, 7) is 2.36. The molecule has 4 aromatic carbocycles. The second-order valence-electron chi connectivity index (χ2n) is 8.29. The Balaban J connectivity index is 1.13. The van der Waals surface area contributed by atoms with Crippen molar-refractivity contribution in [2.45, 2.75) is 12.8 Å². The first-order valence-corrected chi connectivity index (χ1v) is 12.1. The number of nitrogen functional groups attached to an aromatic ring is 2. The van der Waals surface area contributed by atoms with Crippen molar-refractivity contribution >= 4 is 11.4 Å². The third kappa shape index (κ3) is 7.87. The Morgan fingerprint density at radius 3 is 0.889 bits per heavy atom. The summed E-state index contributed by atoms with van der Waals surface area (Å²) in [4.78, 5) is 0. The molecule has 4 rings (SSSR count). The van der Waals surface area contributed by atoms with E-state index in [1.807, 2.05) is 72.8 Å². The number of ether oxygens (including phenoxy) is 4. The van der Waals surface area contributed by atoms with Gasteiger partial charge in [-0.05, 0) is 83.9 Å². The maximum atomic E-state index is 5.83. The van der Waals surface area contributed by atoms with Crippen LogP contribution in [0.25, 0.3) is 11.1 Å². The second-order valence-corrected chi connectivity index (χ2v) is 8.29. The fraction of sp³-hybridized carbons (Fsp3) is 0.200. The lowest BCUT2D eigenvalue weighted by Crippen LogP contribution is -2.05. The molecule has 0 unspecified atom stereocenters. The summed E-state index contributed by atoms with van der Waals surface area (Å²) < 4.78 is 23.0. The number of rotatable bonds is 13. The average Bonchev–Trinajstić information content (AvgIpc) is 2.91. The minimum absolute atomic E-state index is 0.589. The monoisotopic (exact) mass is 484 g/mol. The van der Waals surface area contributed by atoms with Gasteiger partial charge in [-0.25, -0.2) is 0 Å². The van der Waals surface area contributed by atoms with Gasteiger partial charge in [0.1, 0.15) is 23.0 Å². The molecule has 0 aliphatic carbocycles. The second kappa shape index (κ2) is 13.0. The van der Waals surface area contributed by atoms with Crippen molar-refractivity contribution in [2.75, 3.05) is 37.9 Å². The number of hydrogen-bond donors (Lipinski definition) is 2. The molecule has 4 N–H and O–H groups in total. The van der Waals surface area contributed by atoms with Crippen molar-refractivity contribution in [2.24, 2.45) is 0 Å². The van der Waals surface area contributed by atoms with E-state index in [4.69, 9.17) is 30.4 Å². The first-order chi connectivity index (χ1) is 17.7. The fourth-order valence-electron chi connectivity index (χ4n) is 3.49. The molecule has 0 aliphatic heterocycles. The van der Waals surface area contributed by atoms with Crippen LogP contribution in [0.4, 0.5) is 11.4 Å². The molecule has 0 saturated carbocycles. The quantitative estimate of drug-likeness (QED) is 0.173. The van der Waals surface area contributed by atoms with Gasteiger partial charge < -0.3 is 30.4 Å². The molecular weight excluding hydrogens is 452 g/mol. The van der Waals surface area contributed by atoms with E-state index in [1.165, 1.54) is 0 Å². The van der Waals surface area contributed by atoms with Crippen molar-refractivity contribution < 1.29 is 18.9 Å². The van der Waals surface area contributed by atoms with Crippen molar-refractivity contribution in [3.05, 3.63) is 97.1 Å². The smallest absolute Gasteiger partial charge is 0.119 e. The molecule has 0 spiro atoms. The Labute approximate surface area is 212 Å². The van der Waals surface area contributed by atoms with Crippen molar-refractivity contribution in [1.82, 2.24) is 0 Å². The van der Waals surface area contributed by atoms with Gasteiger partial charge in [0, 0.05) is 24.2 Å². The summed E-state index contributed by atoms with van der Waals surface area (Å²) >= 11 is 0. The Hall–Kier alpha value is -4.32. The molecule has 0 heterocycles. The fourth-order valence-corrected chi connectivity index (χ4v) is 3.49. The highest BCUT2D eigenvalue weighted by molar-refractivity contribution is 5.64. The van der Waals surface area contributed by atoms with Crippen molar-refractivity contribution in [1.29, 1.82) is 0 Å². The highest BCUT2D eigenvalue weighted by Crippen LogP contribution is 2.25. The zero-order chi connectivity index (χ0) is 25.0. The third-order valence-corrected chi connectivity index (χ3v) is 5.45. The van der Waals surface area contributed by atoms with Crippen LogP contribution in [0, 0.1) is 0 Å². The minimum Gasteiger partial charge on any atom is -0.493 e. The normalized spacial score (nSPS) is 10.6. The Kier molecular flexibility index (Phi) is 8.92. The van der Waals surface area contributed by atoms with Gasteiger partial charge in [0.15, 0.2) is 0 Å². The van der Waals surface area contributed by atoms with E-state index < -0.39 is 0 Å². The van der Waals surface area contributed by atoms with E-state index in [0.717, 1.165) is 58.3 Å². The van der Waals surface area contributed by atoms with Crippen molar-refractivity contribution in [3.8, 4) is 34.1 Å². The van der Waals surface area contributed by atoms with Crippen LogP contribution in [-0.2, 0) is 0 Å². The summed E-state index contributed by atoms with van der Waals surface area (Å²) in [5, 5.41) is 0. The summed E-state index contributed by atoms with van der Waals surface area (Å²) in [6.07, 6.45) is 1.59. The molecule has 0 amide bonds. The van der Waals surface area contributed by atoms with E-state index in [1.54, 1.807) is 0 Å². The summed E-state index contributed by atoms with van der Waals surface area (Å²) in [6, 6.07) is 31.0. The largest absolute Gasteiger partial charge is 0.493 e. The van der Waals surface area contributed by atoms with E-state index in [9.17, 15) is 0 Å². The van der Waals surface area contributed by atoms with Crippen LogP contribution in [0.15, 0.2) is 97.1 Å². The summed E-state index contributed by atoms with van der Waals surface area (Å²) in [5.74, 6) is 3.31. The SMILES string of the molecule is Nc1ccc(OCCCOc2ccc(-c3ccc(OCCCOc4ccc(N)cc4)cc3)cc2)cc1. The molecular formula is C30H32N2O4. The third-order valence-electron chi connectivity index (χ3n) is 5.45. The van der Waals surface area contributed by atoms with Crippen LogP contribution in [0.3, 0.4) is 0 Å². The van der Waals surface area contributed by atoms with E-state index in [-0.39, 0.29) is 0 Å². The standard InChI is InChI=1S/C30H32N2O4/c31-25-7-15-29(16-8-25)35-21-1-19-33-27-11-3-23(4-12-27)24-5-13-28(14-6-24)34-20-2-22-36-30-17-9-26(32)10-18-30/h3-18H,1-2,19-22,31-32H2. The zero-order valence-electron chi connectivity index (χ0n) is 20.3. The molecule has 6 nitrogen and oxygen atoms in total. The highest BCUT2D eigenvalue weighted by atomic mass is 16.5. The number of hydrogen-bond acceptors (Lipinski definition) is 6. The van der Waals surface area contributed by atoms with Crippen LogP contribution >= 0.6 is 0 Å². The Bertz CT molecular complexity index is 1080. The number of nitrogens with two attached hydrogens (primary N) is 2. The zero-order valence-corrected chi connectivity index (χ0v) is 20.3. The van der Waals surface area contributed by atoms with E-state index in [0.29, 0.717) is 26.4 Å². The molecule has 186 valence electrons. The van der Waals surface area contributed by atoms with Gasteiger partial charge in [-0.1, -0.05) is 24.3 Å². The van der Waals surface area contributed by atoms with Crippen LogP contribution in [0.1, 0.15) is 12.8 Å². The number of anilines is 2. The predicted octanol–water partition coefficient (Wildman–Crippen LogP) is 6.21. The predicted molar refractivity (Wildman–Crippen MR) is 145 cm³/mol. The van der Waals surface area contributed by atoms with Crippen LogP contribution in [-0.4, -0.2) is 26.4 Å². The molecule has 0 aliphatic rings. The molecule has 36 heavy (non-hydrogen) atoms. The molecule has 0 saturated heterocycles. The first kappa shape index (κ1) is 24.8. The van der Waals surface area contributed by atoms with E-state index in [2.05, 4.69) is 24.3 Å². The molecule has 6 heteroatoms. The number of benzene rings is 4. The van der Waals surface area contributed by atoms with Crippen molar-refractivity contribution in [3.63, 3.8) is 0 Å². The average molecular weight is 485 g/mol. The molecule has 0 aromatic heterocycles. The van der Waals surface area contributed by atoms with Crippen LogP contribution in [0.2, 0.25) is 0 Å². The lowest BCUT2D eigenvalue weighted by Gasteiger charge is -2.10. The Morgan fingerprint density at radius 1 is 0.361 bits per heavy atom. The maximum Gasteiger partial charge on any atom is 0.119 e. The molecule has 0 fully saturated rings. The van der Waals surface area contributed by atoms with Gasteiger partial charge >= 0.3 is 0 Å². The van der Waals surface area contributed by atoms with Gasteiger partial charge in [-0.3, -0.25) is 0 Å². The molecule has 0 bridgehead atoms. The molecule has 4 aromatic rings. The van der Waals surface area contributed by atoms with Gasteiger partial charge in [0.2, 0.25) is 0 Å². The van der Waals surface area contributed by atoms with Crippen LogP contribution in [0.5, 0.6) is 23.0 Å². The van der Waals surface area contributed by atoms with Gasteiger partial charge in [0.25, 0.3) is 0 Å². The lowest BCUT2D eigenvalue weighted by molar-refractivity contribution is 0.247. The van der Waals surface area contributed by atoms with Gasteiger partial charge in [-0.2, -0.15) is 0 Å². The first-order valence-electron chi connectivity index (χ1n) is 12.1. The van der Waals surface area contributed by atoms with Gasteiger partial charge in [0.05, 0.1) is 26.4 Å². The van der Waals surface area contributed by atoms with Gasteiger partial charge in [-0.15, -0.1) is 0 Å². The molecule has 0 atom stereocenters. The summed E-state index contributed by atoms with van der Waals surface area (Å²) in [7, 11) is 0. The highest BCUT2D eigenvalue weighted by Gasteiger charge is 2.02. The minimum atomic E-state index is 0.589.